The Morgan fingerprint density at radius 1 is 1.15 bits per heavy atom. The minimum atomic E-state index is -0.898. The fraction of sp³-hybridized carbons (Fsp3) is 0.143. The van der Waals surface area contributed by atoms with Crippen LogP contribution in [0, 0.1) is 0 Å². The van der Waals surface area contributed by atoms with Gasteiger partial charge < -0.3 is 10.1 Å². The maximum absolute atomic E-state index is 11.8. The van der Waals surface area contributed by atoms with Gasteiger partial charge in [0.1, 0.15) is 11.2 Å². The summed E-state index contributed by atoms with van der Waals surface area (Å²) in [7, 11) is 0. The number of hydrogen-bond acceptors (Lipinski definition) is 3. The monoisotopic (exact) mass is 379 g/mol. The Morgan fingerprint density at radius 3 is 2.78 bits per heavy atom. The molecule has 0 saturated carbocycles. The molecule has 2 heterocycles. The number of H-pyrrole nitrogens is 1. The second-order valence-electron chi connectivity index (χ2n) is 6.47. The van der Waals surface area contributed by atoms with Crippen molar-refractivity contribution in [2.75, 3.05) is 0 Å². The van der Waals surface area contributed by atoms with E-state index in [1.54, 1.807) is 0 Å². The Labute approximate surface area is 161 Å². The second-order valence-corrected chi connectivity index (χ2v) is 6.82. The molecule has 1 unspecified atom stereocenters. The Balaban J connectivity index is 1.54. The molecule has 0 fully saturated rings. The van der Waals surface area contributed by atoms with Crippen molar-refractivity contribution in [2.45, 2.75) is 19.0 Å². The van der Waals surface area contributed by atoms with Crippen LogP contribution in [0.2, 0.25) is 5.15 Å². The quantitative estimate of drug-likeness (QED) is 0.440. The molecular weight excluding hydrogens is 362 g/mol. The number of nitrogens with zero attached hydrogens (tertiary/aromatic N) is 1. The highest BCUT2D eigenvalue weighted by atomic mass is 35.5. The van der Waals surface area contributed by atoms with Crippen molar-refractivity contribution in [3.8, 4) is 0 Å². The summed E-state index contributed by atoms with van der Waals surface area (Å²) in [5, 5.41) is 15.1. The topological polar surface area (TPSA) is 78.0 Å². The van der Waals surface area contributed by atoms with E-state index in [0.717, 1.165) is 32.9 Å². The fourth-order valence-electron chi connectivity index (χ4n) is 3.26. The Bertz CT molecular complexity index is 1120. The van der Waals surface area contributed by atoms with Gasteiger partial charge in [0, 0.05) is 41.0 Å². The normalized spacial score (nSPS) is 12.5. The lowest BCUT2D eigenvalue weighted by molar-refractivity contribution is -0.139. The minimum absolute atomic E-state index is 0.329. The number of fused-ring (bicyclic) bond motifs is 2. The number of hydrogen-bond donors (Lipinski definition) is 3. The number of pyridine rings is 1. The van der Waals surface area contributed by atoms with Gasteiger partial charge >= 0.3 is 5.97 Å². The molecule has 0 spiro atoms. The summed E-state index contributed by atoms with van der Waals surface area (Å²) in [6.45, 7) is 0.329. The van der Waals surface area contributed by atoms with Gasteiger partial charge in [0.15, 0.2) is 0 Å². The largest absolute Gasteiger partial charge is 0.480 e. The fourth-order valence-corrected chi connectivity index (χ4v) is 3.47. The molecule has 5 nitrogen and oxygen atoms in total. The number of carbonyl (C=O) groups is 1. The van der Waals surface area contributed by atoms with Crippen LogP contribution in [0.15, 0.2) is 60.8 Å². The van der Waals surface area contributed by atoms with E-state index in [-0.39, 0.29) is 0 Å². The van der Waals surface area contributed by atoms with Crippen molar-refractivity contribution >= 4 is 39.4 Å². The van der Waals surface area contributed by atoms with E-state index in [1.807, 2.05) is 60.8 Å². The first-order valence-electron chi connectivity index (χ1n) is 8.67. The highest BCUT2D eigenvalue weighted by Gasteiger charge is 2.20. The number of aliphatic carboxylic acids is 1. The highest BCUT2D eigenvalue weighted by molar-refractivity contribution is 6.30. The summed E-state index contributed by atoms with van der Waals surface area (Å²) in [6.07, 6.45) is 2.24. The summed E-state index contributed by atoms with van der Waals surface area (Å²) < 4.78 is 0. The highest BCUT2D eigenvalue weighted by Crippen LogP contribution is 2.22. The molecule has 27 heavy (non-hydrogen) atoms. The first-order chi connectivity index (χ1) is 13.1. The van der Waals surface area contributed by atoms with Crippen LogP contribution in [0.1, 0.15) is 11.1 Å². The number of rotatable bonds is 6. The van der Waals surface area contributed by atoms with Crippen molar-refractivity contribution in [1.82, 2.24) is 15.3 Å². The van der Waals surface area contributed by atoms with Crippen LogP contribution in [0.5, 0.6) is 0 Å². The SMILES string of the molecule is O=C(O)C(Cc1c[nH]c2ccccc12)NCc1cc2ccccc2nc1Cl. The maximum Gasteiger partial charge on any atom is 0.321 e. The van der Waals surface area contributed by atoms with E-state index in [9.17, 15) is 9.90 Å². The van der Waals surface area contributed by atoms with E-state index >= 15 is 0 Å². The maximum atomic E-state index is 11.8. The zero-order valence-electron chi connectivity index (χ0n) is 14.4. The molecule has 0 saturated heterocycles. The number of aromatic nitrogens is 2. The third kappa shape index (κ3) is 3.65. The Hall–Kier alpha value is -2.89. The van der Waals surface area contributed by atoms with Gasteiger partial charge in [0.25, 0.3) is 0 Å². The molecule has 0 bridgehead atoms. The number of para-hydroxylation sites is 2. The lowest BCUT2D eigenvalue weighted by atomic mass is 10.0. The van der Waals surface area contributed by atoms with Crippen molar-refractivity contribution in [1.29, 1.82) is 0 Å². The van der Waals surface area contributed by atoms with Crippen molar-refractivity contribution in [2.24, 2.45) is 0 Å². The zero-order valence-corrected chi connectivity index (χ0v) is 15.2. The molecule has 2 aromatic carbocycles. The molecule has 4 rings (SSSR count). The van der Waals surface area contributed by atoms with Gasteiger partial charge in [0.05, 0.1) is 5.52 Å². The van der Waals surface area contributed by atoms with Gasteiger partial charge in [-0.25, -0.2) is 4.98 Å². The summed E-state index contributed by atoms with van der Waals surface area (Å²) in [4.78, 5) is 19.3. The molecule has 0 aliphatic heterocycles. The van der Waals surface area contributed by atoms with E-state index in [4.69, 9.17) is 11.6 Å². The summed E-state index contributed by atoms with van der Waals surface area (Å²) in [5.74, 6) is -0.898. The number of nitrogens with one attached hydrogen (secondary N) is 2. The number of benzene rings is 2. The molecule has 3 N–H and O–H groups in total. The van der Waals surface area contributed by atoms with Crippen LogP contribution >= 0.6 is 11.6 Å². The average Bonchev–Trinajstić information content (AvgIpc) is 3.08. The molecule has 0 amide bonds. The first-order valence-corrected chi connectivity index (χ1v) is 9.05. The Kier molecular flexibility index (Phi) is 4.79. The molecule has 0 aliphatic carbocycles. The first kappa shape index (κ1) is 17.5. The van der Waals surface area contributed by atoms with E-state index in [1.165, 1.54) is 0 Å². The zero-order chi connectivity index (χ0) is 18.8. The van der Waals surface area contributed by atoms with E-state index in [2.05, 4.69) is 15.3 Å². The van der Waals surface area contributed by atoms with Crippen molar-refractivity contribution in [3.63, 3.8) is 0 Å². The summed E-state index contributed by atoms with van der Waals surface area (Å²) in [5.41, 5.74) is 3.56. The summed E-state index contributed by atoms with van der Waals surface area (Å²) >= 11 is 6.28. The van der Waals surface area contributed by atoms with Gasteiger partial charge in [-0.15, -0.1) is 0 Å². The number of aromatic amines is 1. The molecular formula is C21H18ClN3O2. The predicted molar refractivity (Wildman–Crippen MR) is 107 cm³/mol. The minimum Gasteiger partial charge on any atom is -0.480 e. The van der Waals surface area contributed by atoms with Crippen LogP contribution in [0.25, 0.3) is 21.8 Å². The van der Waals surface area contributed by atoms with Crippen molar-refractivity contribution < 1.29 is 9.90 Å². The molecule has 0 radical (unpaired) electrons. The van der Waals surface area contributed by atoms with E-state index < -0.39 is 12.0 Å². The molecule has 0 aliphatic rings. The summed E-state index contributed by atoms with van der Waals surface area (Å²) in [6, 6.07) is 16.8. The van der Waals surface area contributed by atoms with Gasteiger partial charge in [-0.2, -0.15) is 0 Å². The predicted octanol–water partition coefficient (Wildman–Crippen LogP) is 4.16. The van der Waals surface area contributed by atoms with Crippen LogP contribution < -0.4 is 5.32 Å². The van der Waals surface area contributed by atoms with Crippen LogP contribution in [0.4, 0.5) is 0 Å². The van der Waals surface area contributed by atoms with Gasteiger partial charge in [-0.1, -0.05) is 48.0 Å². The molecule has 6 heteroatoms. The molecule has 4 aromatic rings. The third-order valence-electron chi connectivity index (χ3n) is 4.69. The Morgan fingerprint density at radius 2 is 1.93 bits per heavy atom. The molecule has 2 aromatic heterocycles. The number of carboxylic acids is 1. The lowest BCUT2D eigenvalue weighted by Crippen LogP contribution is -2.38. The average molecular weight is 380 g/mol. The molecule has 1 atom stereocenters. The smallest absolute Gasteiger partial charge is 0.321 e. The van der Waals surface area contributed by atoms with Crippen LogP contribution in [0.3, 0.4) is 0 Å². The number of halogens is 1. The number of carboxylic acid groups (broad SMARTS) is 1. The second kappa shape index (κ2) is 7.39. The molecule has 136 valence electrons. The van der Waals surface area contributed by atoms with Gasteiger partial charge in [-0.3, -0.25) is 10.1 Å². The van der Waals surface area contributed by atoms with Gasteiger partial charge in [0.2, 0.25) is 0 Å². The standard InChI is InChI=1S/C21H18ClN3O2/c22-20-15(9-13-5-1-3-7-17(13)25-20)12-24-19(21(26)27)10-14-11-23-18-8-4-2-6-16(14)18/h1-9,11,19,23-24H,10,12H2,(H,26,27). The lowest BCUT2D eigenvalue weighted by Gasteiger charge is -2.15. The third-order valence-corrected chi connectivity index (χ3v) is 5.01. The van der Waals surface area contributed by atoms with Crippen LogP contribution in [-0.2, 0) is 17.8 Å². The van der Waals surface area contributed by atoms with Crippen molar-refractivity contribution in [3.05, 3.63) is 77.1 Å². The van der Waals surface area contributed by atoms with Gasteiger partial charge in [-0.05, 0) is 23.8 Å². The van der Waals surface area contributed by atoms with E-state index in [0.29, 0.717) is 18.1 Å². The van der Waals surface area contributed by atoms with Crippen LogP contribution in [-0.4, -0.2) is 27.1 Å².